The van der Waals surface area contributed by atoms with E-state index in [4.69, 9.17) is 11.6 Å². The highest BCUT2D eigenvalue weighted by molar-refractivity contribution is 6.35. The van der Waals surface area contributed by atoms with Gasteiger partial charge < -0.3 is 10.1 Å². The molecule has 106 valence electrons. The summed E-state index contributed by atoms with van der Waals surface area (Å²) in [6.45, 7) is 3.29. The summed E-state index contributed by atoms with van der Waals surface area (Å²) in [5, 5.41) is 11.5. The summed E-state index contributed by atoms with van der Waals surface area (Å²) in [5.41, 5.74) is 3.36. The molecule has 3 nitrogen and oxygen atoms in total. The van der Waals surface area contributed by atoms with Crippen LogP contribution in [-0.2, 0) is 0 Å². The van der Waals surface area contributed by atoms with E-state index in [1.54, 1.807) is 0 Å². The summed E-state index contributed by atoms with van der Waals surface area (Å²) in [6, 6.07) is 6.17. The van der Waals surface area contributed by atoms with Crippen molar-refractivity contribution in [2.45, 2.75) is 13.0 Å². The Kier molecular flexibility index (Phi) is 3.59. The topological polar surface area (TPSA) is 39.3 Å². The predicted octanol–water partition coefficient (Wildman–Crippen LogP) is 3.15. The molecule has 1 aliphatic rings. The molecule has 0 radical (unpaired) electrons. The molecule has 0 spiro atoms. The second kappa shape index (κ2) is 5.24. The smallest absolute Gasteiger partial charge is 0.0659 e. The van der Waals surface area contributed by atoms with Gasteiger partial charge in [-0.1, -0.05) is 42.8 Å². The maximum absolute atomic E-state index is 9.74. The Hall–Kier alpha value is -1.29. The van der Waals surface area contributed by atoms with Gasteiger partial charge in [-0.25, -0.2) is 0 Å². The van der Waals surface area contributed by atoms with Gasteiger partial charge in [0.15, 0.2) is 0 Å². The molecule has 2 aromatic rings. The minimum Gasteiger partial charge on any atom is -0.394 e. The first-order chi connectivity index (χ1) is 9.61. The van der Waals surface area contributed by atoms with E-state index in [0.29, 0.717) is 5.92 Å². The van der Waals surface area contributed by atoms with Crippen LogP contribution in [0.25, 0.3) is 16.5 Å². The maximum atomic E-state index is 9.74. The molecule has 0 bridgehead atoms. The summed E-state index contributed by atoms with van der Waals surface area (Å²) in [7, 11) is 2.06. The van der Waals surface area contributed by atoms with E-state index in [2.05, 4.69) is 36.0 Å². The third-order valence-corrected chi connectivity index (χ3v) is 4.39. The molecule has 3 rings (SSSR count). The van der Waals surface area contributed by atoms with E-state index in [-0.39, 0.29) is 12.6 Å². The zero-order valence-electron chi connectivity index (χ0n) is 11.7. The van der Waals surface area contributed by atoms with Crippen LogP contribution in [0.3, 0.4) is 0 Å². The number of nitrogens with one attached hydrogen (secondary N) is 1. The lowest BCUT2D eigenvalue weighted by atomic mass is 9.89. The van der Waals surface area contributed by atoms with E-state index in [1.165, 1.54) is 5.57 Å². The van der Waals surface area contributed by atoms with Gasteiger partial charge in [-0.15, -0.1) is 0 Å². The van der Waals surface area contributed by atoms with Gasteiger partial charge in [-0.2, -0.15) is 0 Å². The second-order valence-corrected chi connectivity index (χ2v) is 6.01. The predicted molar refractivity (Wildman–Crippen MR) is 84.0 cm³/mol. The van der Waals surface area contributed by atoms with Crippen LogP contribution < -0.4 is 0 Å². The Morgan fingerprint density at radius 2 is 2.25 bits per heavy atom. The Bertz CT molecular complexity index is 662. The Balaban J connectivity index is 2.18. The van der Waals surface area contributed by atoms with Crippen LogP contribution in [0.5, 0.6) is 0 Å². The fourth-order valence-corrected chi connectivity index (χ4v) is 3.37. The van der Waals surface area contributed by atoms with Crippen LogP contribution in [0, 0.1) is 5.92 Å². The van der Waals surface area contributed by atoms with Gasteiger partial charge in [0.1, 0.15) is 0 Å². The van der Waals surface area contributed by atoms with Gasteiger partial charge in [0, 0.05) is 23.7 Å². The molecule has 0 aliphatic carbocycles. The summed E-state index contributed by atoms with van der Waals surface area (Å²) >= 11 is 6.20. The maximum Gasteiger partial charge on any atom is 0.0659 e. The Morgan fingerprint density at radius 3 is 3.00 bits per heavy atom. The van der Waals surface area contributed by atoms with Crippen molar-refractivity contribution in [2.75, 3.05) is 20.2 Å². The molecule has 2 N–H and O–H groups in total. The van der Waals surface area contributed by atoms with Crippen molar-refractivity contribution in [1.82, 2.24) is 9.88 Å². The molecule has 0 amide bonds. The summed E-state index contributed by atoms with van der Waals surface area (Å²) in [6.07, 6.45) is 4.09. The Morgan fingerprint density at radius 1 is 1.45 bits per heavy atom. The molecule has 1 aromatic heterocycles. The highest BCUT2D eigenvalue weighted by Crippen LogP contribution is 2.34. The number of aromatic nitrogens is 1. The molecule has 2 atom stereocenters. The number of fused-ring (bicyclic) bond motifs is 1. The molecule has 1 aromatic carbocycles. The second-order valence-electron chi connectivity index (χ2n) is 5.60. The number of aromatic amines is 1. The minimum atomic E-state index is 0.0406. The first-order valence-corrected chi connectivity index (χ1v) is 7.28. The zero-order chi connectivity index (χ0) is 14.3. The minimum absolute atomic E-state index is 0.0406. The van der Waals surface area contributed by atoms with Crippen molar-refractivity contribution in [3.05, 3.63) is 41.1 Å². The van der Waals surface area contributed by atoms with Crippen molar-refractivity contribution in [2.24, 2.45) is 5.92 Å². The fourth-order valence-electron chi connectivity index (χ4n) is 3.16. The first kappa shape index (κ1) is 13.7. The van der Waals surface area contributed by atoms with Gasteiger partial charge in [0.05, 0.1) is 23.2 Å². The average Bonchev–Trinajstić information content (AvgIpc) is 2.80. The molecule has 2 heterocycles. The molecular formula is C16H19ClN2O. The lowest BCUT2D eigenvalue weighted by Gasteiger charge is -2.35. The molecule has 0 unspecified atom stereocenters. The Labute approximate surface area is 123 Å². The van der Waals surface area contributed by atoms with Gasteiger partial charge in [0.2, 0.25) is 0 Å². The van der Waals surface area contributed by atoms with Crippen LogP contribution >= 0.6 is 11.6 Å². The standard InChI is InChI=1S/C16H19ClN2O/c1-10-6-13(15(9-20)19(2)8-10)11-4-3-5-12-14(17)7-18-16(11)12/h3-7,10,15,18,20H,8-9H2,1-2H3/t10-,15-/m1/s1. The number of likely N-dealkylation sites (N-methyl/N-ethyl adjacent to an activating group) is 1. The van der Waals surface area contributed by atoms with Gasteiger partial charge >= 0.3 is 0 Å². The van der Waals surface area contributed by atoms with Crippen molar-refractivity contribution in [1.29, 1.82) is 0 Å². The number of aliphatic hydroxyl groups is 1. The van der Waals surface area contributed by atoms with Gasteiger partial charge in [0.25, 0.3) is 0 Å². The lowest BCUT2D eigenvalue weighted by Crippen LogP contribution is -2.41. The summed E-state index contributed by atoms with van der Waals surface area (Å²) in [4.78, 5) is 5.47. The number of H-pyrrole nitrogens is 1. The monoisotopic (exact) mass is 290 g/mol. The van der Waals surface area contributed by atoms with Crippen LogP contribution in [-0.4, -0.2) is 41.2 Å². The lowest BCUT2D eigenvalue weighted by molar-refractivity contribution is 0.167. The summed E-state index contributed by atoms with van der Waals surface area (Å²) in [5.74, 6) is 0.471. The van der Waals surface area contributed by atoms with E-state index in [9.17, 15) is 5.11 Å². The molecule has 1 aliphatic heterocycles. The van der Waals surface area contributed by atoms with Crippen LogP contribution in [0.15, 0.2) is 30.5 Å². The number of hydrogen-bond acceptors (Lipinski definition) is 2. The number of halogens is 1. The summed E-state index contributed by atoms with van der Waals surface area (Å²) < 4.78 is 0. The van der Waals surface area contributed by atoms with E-state index in [1.807, 2.05) is 18.3 Å². The molecular weight excluding hydrogens is 272 g/mol. The average molecular weight is 291 g/mol. The fraction of sp³-hybridized carbons (Fsp3) is 0.375. The number of nitrogens with zero attached hydrogens (tertiary/aromatic N) is 1. The molecule has 0 saturated heterocycles. The molecule has 0 saturated carbocycles. The van der Waals surface area contributed by atoms with E-state index < -0.39 is 0 Å². The van der Waals surface area contributed by atoms with Crippen LogP contribution in [0.2, 0.25) is 5.02 Å². The van der Waals surface area contributed by atoms with Crippen LogP contribution in [0.1, 0.15) is 12.5 Å². The highest BCUT2D eigenvalue weighted by atomic mass is 35.5. The van der Waals surface area contributed by atoms with Crippen molar-refractivity contribution in [3.8, 4) is 0 Å². The number of rotatable bonds is 2. The third-order valence-electron chi connectivity index (χ3n) is 4.08. The van der Waals surface area contributed by atoms with Gasteiger partial charge in [-0.05, 0) is 18.5 Å². The van der Waals surface area contributed by atoms with Crippen molar-refractivity contribution in [3.63, 3.8) is 0 Å². The number of aliphatic hydroxyl groups excluding tert-OH is 1. The van der Waals surface area contributed by atoms with Gasteiger partial charge in [-0.3, -0.25) is 4.90 Å². The quantitative estimate of drug-likeness (QED) is 0.892. The van der Waals surface area contributed by atoms with Crippen LogP contribution in [0.4, 0.5) is 0 Å². The molecule has 0 fully saturated rings. The number of benzene rings is 1. The van der Waals surface area contributed by atoms with Crippen molar-refractivity contribution >= 4 is 28.1 Å². The normalized spacial score (nSPS) is 24.1. The SMILES string of the molecule is C[C@@H]1C=C(c2cccc3c(Cl)c[nH]c23)[C@@H](CO)N(C)C1. The number of para-hydroxylation sites is 1. The third kappa shape index (κ3) is 2.16. The zero-order valence-corrected chi connectivity index (χ0v) is 12.5. The largest absolute Gasteiger partial charge is 0.394 e. The highest BCUT2D eigenvalue weighted by Gasteiger charge is 2.27. The van der Waals surface area contributed by atoms with Crippen molar-refractivity contribution < 1.29 is 5.11 Å². The molecule has 20 heavy (non-hydrogen) atoms. The molecule has 4 heteroatoms. The van der Waals surface area contributed by atoms with E-state index >= 15 is 0 Å². The number of hydrogen-bond donors (Lipinski definition) is 2. The van der Waals surface area contributed by atoms with E-state index in [0.717, 1.165) is 28.0 Å². The first-order valence-electron chi connectivity index (χ1n) is 6.90.